The number of piperazine rings is 1. The van der Waals surface area contributed by atoms with Gasteiger partial charge in [0.15, 0.2) is 0 Å². The Bertz CT molecular complexity index is 825. The van der Waals surface area contributed by atoms with Gasteiger partial charge < -0.3 is 15.1 Å². The molecule has 1 fully saturated rings. The van der Waals surface area contributed by atoms with Crippen LogP contribution in [-0.4, -0.2) is 41.6 Å². The second kappa shape index (κ2) is 7.46. The van der Waals surface area contributed by atoms with Crippen molar-refractivity contribution in [2.75, 3.05) is 29.9 Å². The topological polar surface area (TPSA) is 48.5 Å². The summed E-state index contributed by atoms with van der Waals surface area (Å²) in [4.78, 5) is 19.7. The Hall–Kier alpha value is -2.77. The summed E-state index contributed by atoms with van der Waals surface area (Å²) >= 11 is 0. The number of amides is 2. The fourth-order valence-electron chi connectivity index (χ4n) is 3.24. The zero-order valence-electron chi connectivity index (χ0n) is 15.1. The van der Waals surface area contributed by atoms with Crippen LogP contribution in [0, 0.1) is 6.92 Å². The third kappa shape index (κ3) is 4.32. The molecule has 1 unspecified atom stereocenters. The van der Waals surface area contributed by atoms with Gasteiger partial charge in [-0.25, -0.2) is 9.78 Å². The van der Waals surface area contributed by atoms with Crippen molar-refractivity contribution in [3.63, 3.8) is 0 Å². The molecule has 1 aromatic carbocycles. The molecule has 3 rings (SSSR count). The Morgan fingerprint density at radius 3 is 2.67 bits per heavy atom. The maximum absolute atomic E-state index is 13.2. The molecule has 2 amide bonds. The van der Waals surface area contributed by atoms with Gasteiger partial charge in [-0.05, 0) is 43.7 Å². The lowest BCUT2D eigenvalue weighted by Crippen LogP contribution is -2.55. The highest BCUT2D eigenvalue weighted by Gasteiger charge is 2.37. The number of benzene rings is 1. The molecule has 0 aliphatic carbocycles. The van der Waals surface area contributed by atoms with Crippen LogP contribution in [0.15, 0.2) is 42.6 Å². The minimum Gasteiger partial charge on any atom is -0.352 e. The number of nitrogens with zero attached hydrogens (tertiary/aromatic N) is 3. The van der Waals surface area contributed by atoms with Crippen LogP contribution in [0.1, 0.15) is 18.1 Å². The number of urea groups is 1. The van der Waals surface area contributed by atoms with E-state index in [-0.39, 0.29) is 31.0 Å². The fraction of sp³-hybridized carbons (Fsp3) is 0.368. The molecular weight excluding hydrogens is 357 g/mol. The summed E-state index contributed by atoms with van der Waals surface area (Å²) in [5.74, 6) is -0.0874. The number of carbonyl (C=O) groups excluding carboxylic acids is 1. The van der Waals surface area contributed by atoms with E-state index in [1.807, 2.05) is 32.0 Å². The number of aromatic nitrogens is 1. The monoisotopic (exact) mass is 378 g/mol. The fourth-order valence-corrected chi connectivity index (χ4v) is 3.24. The number of rotatable bonds is 2. The van der Waals surface area contributed by atoms with E-state index in [0.29, 0.717) is 12.2 Å². The van der Waals surface area contributed by atoms with Gasteiger partial charge >= 0.3 is 12.2 Å². The largest absolute Gasteiger partial charge is 0.419 e. The Morgan fingerprint density at radius 1 is 1.22 bits per heavy atom. The molecule has 1 aliphatic rings. The summed E-state index contributed by atoms with van der Waals surface area (Å²) in [5, 5.41) is 2.85. The van der Waals surface area contributed by atoms with Crippen LogP contribution in [0.3, 0.4) is 0 Å². The minimum atomic E-state index is -4.47. The molecule has 0 spiro atoms. The summed E-state index contributed by atoms with van der Waals surface area (Å²) in [7, 11) is 0. The smallest absolute Gasteiger partial charge is 0.352 e. The van der Waals surface area contributed by atoms with Crippen molar-refractivity contribution in [1.82, 2.24) is 9.88 Å². The quantitative estimate of drug-likeness (QED) is 0.854. The molecule has 2 heterocycles. The molecular formula is C19H21F3N4O. The summed E-state index contributed by atoms with van der Waals surface area (Å²) in [6.45, 7) is 4.63. The maximum Gasteiger partial charge on any atom is 0.419 e. The number of hydrogen-bond acceptors (Lipinski definition) is 3. The zero-order valence-corrected chi connectivity index (χ0v) is 15.1. The van der Waals surface area contributed by atoms with Crippen LogP contribution in [-0.2, 0) is 6.18 Å². The van der Waals surface area contributed by atoms with E-state index in [1.54, 1.807) is 15.9 Å². The van der Waals surface area contributed by atoms with E-state index in [9.17, 15) is 18.0 Å². The second-order valence-corrected chi connectivity index (χ2v) is 6.66. The van der Waals surface area contributed by atoms with Crippen LogP contribution in [0.2, 0.25) is 0 Å². The number of alkyl halides is 3. The summed E-state index contributed by atoms with van der Waals surface area (Å²) in [5.41, 5.74) is 0.967. The standard InChI is InChI=1S/C19H21F3N4O/c1-13-5-3-6-15(11-13)24-18(27)26-10-9-25(12-14(26)2)17-16(19(20,21)22)7-4-8-23-17/h3-8,11,14H,9-10,12H2,1-2H3,(H,24,27). The van der Waals surface area contributed by atoms with Crippen molar-refractivity contribution in [3.8, 4) is 0 Å². The number of carbonyl (C=O) groups is 1. The summed E-state index contributed by atoms with van der Waals surface area (Å²) in [6.07, 6.45) is -3.11. The van der Waals surface area contributed by atoms with Crippen LogP contribution < -0.4 is 10.2 Å². The van der Waals surface area contributed by atoms with Crippen LogP contribution in [0.25, 0.3) is 0 Å². The number of pyridine rings is 1. The van der Waals surface area contributed by atoms with Crippen molar-refractivity contribution in [2.45, 2.75) is 26.1 Å². The average Bonchev–Trinajstić information content (AvgIpc) is 2.61. The Morgan fingerprint density at radius 2 is 2.00 bits per heavy atom. The van der Waals surface area contributed by atoms with E-state index in [0.717, 1.165) is 11.6 Å². The summed E-state index contributed by atoms with van der Waals surface area (Å²) < 4.78 is 39.7. The lowest BCUT2D eigenvalue weighted by Gasteiger charge is -2.40. The first kappa shape index (κ1) is 19.0. The molecule has 144 valence electrons. The zero-order chi connectivity index (χ0) is 19.6. The second-order valence-electron chi connectivity index (χ2n) is 6.66. The van der Waals surface area contributed by atoms with Crippen LogP contribution >= 0.6 is 0 Å². The highest BCUT2D eigenvalue weighted by Crippen LogP contribution is 2.35. The van der Waals surface area contributed by atoms with Gasteiger partial charge in [-0.2, -0.15) is 13.2 Å². The molecule has 1 atom stereocenters. The lowest BCUT2D eigenvalue weighted by molar-refractivity contribution is -0.137. The van der Waals surface area contributed by atoms with E-state index in [2.05, 4.69) is 10.3 Å². The molecule has 0 radical (unpaired) electrons. The molecule has 1 aliphatic heterocycles. The van der Waals surface area contributed by atoms with E-state index < -0.39 is 11.7 Å². The average molecular weight is 378 g/mol. The van der Waals surface area contributed by atoms with Gasteiger partial charge in [0.25, 0.3) is 0 Å². The lowest BCUT2D eigenvalue weighted by atomic mass is 10.1. The molecule has 1 N–H and O–H groups in total. The normalized spacial score (nSPS) is 17.7. The number of anilines is 2. The number of hydrogen-bond donors (Lipinski definition) is 1. The maximum atomic E-state index is 13.2. The number of halogens is 3. The van der Waals surface area contributed by atoms with E-state index in [1.165, 1.54) is 12.3 Å². The SMILES string of the molecule is Cc1cccc(NC(=O)N2CCN(c3ncccc3C(F)(F)F)CC2C)c1. The van der Waals surface area contributed by atoms with Gasteiger partial charge in [0.05, 0.1) is 5.56 Å². The van der Waals surface area contributed by atoms with Crippen LogP contribution in [0.5, 0.6) is 0 Å². The highest BCUT2D eigenvalue weighted by molar-refractivity contribution is 5.89. The first-order valence-electron chi connectivity index (χ1n) is 8.67. The first-order valence-corrected chi connectivity index (χ1v) is 8.67. The Kier molecular flexibility index (Phi) is 5.25. The Balaban J connectivity index is 1.70. The van der Waals surface area contributed by atoms with Gasteiger partial charge in [0.1, 0.15) is 5.82 Å². The Labute approximate surface area is 155 Å². The van der Waals surface area contributed by atoms with Gasteiger partial charge in [0, 0.05) is 37.6 Å². The summed E-state index contributed by atoms with van der Waals surface area (Å²) in [6, 6.07) is 9.24. The van der Waals surface area contributed by atoms with Crippen molar-refractivity contribution in [2.24, 2.45) is 0 Å². The van der Waals surface area contributed by atoms with E-state index in [4.69, 9.17) is 0 Å². The molecule has 1 aromatic heterocycles. The minimum absolute atomic E-state index is 0.0874. The predicted molar refractivity (Wildman–Crippen MR) is 97.8 cm³/mol. The number of nitrogens with one attached hydrogen (secondary N) is 1. The highest BCUT2D eigenvalue weighted by atomic mass is 19.4. The van der Waals surface area contributed by atoms with Gasteiger partial charge in [-0.15, -0.1) is 0 Å². The third-order valence-corrected chi connectivity index (χ3v) is 4.55. The van der Waals surface area contributed by atoms with Crippen molar-refractivity contribution < 1.29 is 18.0 Å². The molecule has 8 heteroatoms. The number of aryl methyl sites for hydroxylation is 1. The third-order valence-electron chi connectivity index (χ3n) is 4.55. The molecule has 5 nitrogen and oxygen atoms in total. The molecule has 1 saturated heterocycles. The van der Waals surface area contributed by atoms with Crippen molar-refractivity contribution in [3.05, 3.63) is 53.7 Å². The molecule has 0 bridgehead atoms. The van der Waals surface area contributed by atoms with Gasteiger partial charge in [-0.3, -0.25) is 0 Å². The molecule has 0 saturated carbocycles. The van der Waals surface area contributed by atoms with Crippen molar-refractivity contribution >= 4 is 17.5 Å². The van der Waals surface area contributed by atoms with Gasteiger partial charge in [0.2, 0.25) is 0 Å². The van der Waals surface area contributed by atoms with E-state index >= 15 is 0 Å². The van der Waals surface area contributed by atoms with Crippen LogP contribution in [0.4, 0.5) is 29.5 Å². The first-order chi connectivity index (χ1) is 12.8. The predicted octanol–water partition coefficient (Wildman–Crippen LogP) is 4.15. The molecule has 2 aromatic rings. The van der Waals surface area contributed by atoms with Gasteiger partial charge in [-0.1, -0.05) is 12.1 Å². The van der Waals surface area contributed by atoms with Crippen molar-refractivity contribution in [1.29, 1.82) is 0 Å². The molecule has 27 heavy (non-hydrogen) atoms.